The van der Waals surface area contributed by atoms with Crippen LogP contribution in [0.3, 0.4) is 0 Å². The van der Waals surface area contributed by atoms with Crippen LogP contribution in [0.1, 0.15) is 38.5 Å². The number of rotatable bonds is 4. The lowest BCUT2D eigenvalue weighted by Gasteiger charge is -2.35. The van der Waals surface area contributed by atoms with Crippen LogP contribution < -0.4 is 0 Å². The lowest BCUT2D eigenvalue weighted by atomic mass is 9.76. The average molecular weight is 209 g/mol. The van der Waals surface area contributed by atoms with E-state index in [0.29, 0.717) is 12.5 Å². The second-order valence-corrected chi connectivity index (χ2v) is 4.87. The van der Waals surface area contributed by atoms with Crippen LogP contribution in [0.2, 0.25) is 0 Å². The molecule has 0 spiro atoms. The van der Waals surface area contributed by atoms with Gasteiger partial charge in [0.1, 0.15) is 0 Å². The van der Waals surface area contributed by atoms with E-state index in [1.807, 2.05) is 0 Å². The normalized spacial score (nSPS) is 36.1. The Labute approximate surface area is 91.0 Å². The van der Waals surface area contributed by atoms with Gasteiger partial charge in [-0.25, -0.2) is 0 Å². The van der Waals surface area contributed by atoms with Gasteiger partial charge in [-0.3, -0.25) is 0 Å². The van der Waals surface area contributed by atoms with Crippen molar-refractivity contribution >= 4 is 0 Å². The van der Waals surface area contributed by atoms with E-state index in [-0.39, 0.29) is 6.61 Å². The van der Waals surface area contributed by atoms with Crippen molar-refractivity contribution in [1.29, 1.82) is 5.26 Å². The molecule has 0 bridgehead atoms. The second-order valence-electron chi connectivity index (χ2n) is 4.87. The molecule has 2 aliphatic carbocycles. The molecule has 0 aromatic rings. The van der Waals surface area contributed by atoms with E-state index >= 15 is 0 Å². The molecule has 2 fully saturated rings. The zero-order chi connectivity index (χ0) is 10.7. The molecule has 2 aliphatic rings. The third-order valence-corrected chi connectivity index (χ3v) is 3.71. The quantitative estimate of drug-likeness (QED) is 0.768. The number of aliphatic hydroxyl groups is 1. The van der Waals surface area contributed by atoms with Crippen molar-refractivity contribution in [3.63, 3.8) is 0 Å². The minimum Gasteiger partial charge on any atom is -0.394 e. The monoisotopic (exact) mass is 209 g/mol. The lowest BCUT2D eigenvalue weighted by molar-refractivity contribution is -0.0559. The zero-order valence-corrected chi connectivity index (χ0v) is 9.11. The standard InChI is InChI=1S/C12H19NO2/c13-9-12(15-7-6-14)5-1-2-11(8-12)10-3-4-10/h10-11,14H,1-8H2. The Hall–Kier alpha value is -0.590. The van der Waals surface area contributed by atoms with Gasteiger partial charge < -0.3 is 9.84 Å². The maximum Gasteiger partial charge on any atom is 0.154 e. The molecule has 84 valence electrons. The van der Waals surface area contributed by atoms with E-state index in [9.17, 15) is 5.26 Å². The molecule has 2 saturated carbocycles. The highest BCUT2D eigenvalue weighted by Gasteiger charge is 2.42. The fraction of sp³-hybridized carbons (Fsp3) is 0.917. The van der Waals surface area contributed by atoms with E-state index in [0.717, 1.165) is 25.2 Å². The van der Waals surface area contributed by atoms with E-state index in [1.165, 1.54) is 19.3 Å². The first-order valence-corrected chi connectivity index (χ1v) is 5.96. The highest BCUT2D eigenvalue weighted by Crippen LogP contribution is 2.47. The van der Waals surface area contributed by atoms with Crippen LogP contribution in [-0.4, -0.2) is 23.9 Å². The van der Waals surface area contributed by atoms with Gasteiger partial charge in [0, 0.05) is 0 Å². The van der Waals surface area contributed by atoms with Crippen molar-refractivity contribution in [2.45, 2.75) is 44.1 Å². The topological polar surface area (TPSA) is 53.2 Å². The molecular formula is C12H19NO2. The first-order valence-electron chi connectivity index (χ1n) is 5.96. The van der Waals surface area contributed by atoms with E-state index in [2.05, 4.69) is 6.07 Å². The molecule has 0 aromatic carbocycles. The molecule has 0 aliphatic heterocycles. The number of nitrogens with zero attached hydrogens (tertiary/aromatic N) is 1. The first-order chi connectivity index (χ1) is 7.29. The molecule has 15 heavy (non-hydrogen) atoms. The molecular weight excluding hydrogens is 190 g/mol. The summed E-state index contributed by atoms with van der Waals surface area (Å²) < 4.78 is 5.57. The predicted octanol–water partition coefficient (Wildman–Crippen LogP) is 1.86. The van der Waals surface area contributed by atoms with Crippen molar-refractivity contribution in [2.75, 3.05) is 13.2 Å². The maximum absolute atomic E-state index is 9.23. The second kappa shape index (κ2) is 4.51. The van der Waals surface area contributed by atoms with Crippen LogP contribution >= 0.6 is 0 Å². The maximum atomic E-state index is 9.23. The SMILES string of the molecule is N#CC1(OCCO)CCCC(C2CC2)C1. The molecule has 2 rings (SSSR count). The summed E-state index contributed by atoms with van der Waals surface area (Å²) in [6, 6.07) is 2.33. The van der Waals surface area contributed by atoms with Gasteiger partial charge in [0.05, 0.1) is 19.3 Å². The van der Waals surface area contributed by atoms with Gasteiger partial charge in [0.25, 0.3) is 0 Å². The van der Waals surface area contributed by atoms with E-state index in [1.54, 1.807) is 0 Å². The first kappa shape index (κ1) is 10.9. The summed E-state index contributed by atoms with van der Waals surface area (Å²) in [5, 5.41) is 18.0. The van der Waals surface area contributed by atoms with Gasteiger partial charge in [0.2, 0.25) is 0 Å². The minimum atomic E-state index is -0.589. The van der Waals surface area contributed by atoms with E-state index in [4.69, 9.17) is 9.84 Å². The summed E-state index contributed by atoms with van der Waals surface area (Å²) in [6.45, 7) is 0.308. The molecule has 0 heterocycles. The minimum absolute atomic E-state index is 0.0114. The number of hydrogen-bond acceptors (Lipinski definition) is 3. The lowest BCUT2D eigenvalue weighted by Crippen LogP contribution is -2.38. The summed E-state index contributed by atoms with van der Waals surface area (Å²) in [4.78, 5) is 0. The summed E-state index contributed by atoms with van der Waals surface area (Å²) in [7, 11) is 0. The number of aliphatic hydroxyl groups excluding tert-OH is 1. The van der Waals surface area contributed by atoms with Crippen LogP contribution in [0.5, 0.6) is 0 Å². The molecule has 2 unspecified atom stereocenters. The Morgan fingerprint density at radius 2 is 2.13 bits per heavy atom. The predicted molar refractivity (Wildman–Crippen MR) is 56.1 cm³/mol. The highest BCUT2D eigenvalue weighted by molar-refractivity contribution is 5.06. The average Bonchev–Trinajstić information content (AvgIpc) is 3.11. The Balaban J connectivity index is 1.94. The third-order valence-electron chi connectivity index (χ3n) is 3.71. The van der Waals surface area contributed by atoms with Crippen LogP contribution in [0.4, 0.5) is 0 Å². The van der Waals surface area contributed by atoms with Crippen molar-refractivity contribution in [2.24, 2.45) is 11.8 Å². The van der Waals surface area contributed by atoms with Crippen LogP contribution in [0.15, 0.2) is 0 Å². The van der Waals surface area contributed by atoms with Gasteiger partial charge in [0.15, 0.2) is 5.60 Å². The summed E-state index contributed by atoms with van der Waals surface area (Å²) in [5.74, 6) is 1.55. The van der Waals surface area contributed by atoms with E-state index < -0.39 is 5.60 Å². The van der Waals surface area contributed by atoms with Crippen LogP contribution in [0, 0.1) is 23.2 Å². The number of hydrogen-bond donors (Lipinski definition) is 1. The smallest absolute Gasteiger partial charge is 0.154 e. The molecule has 3 nitrogen and oxygen atoms in total. The fourth-order valence-electron chi connectivity index (χ4n) is 2.75. The number of ether oxygens (including phenoxy) is 1. The summed E-state index contributed by atoms with van der Waals surface area (Å²) in [5.41, 5.74) is -0.589. The largest absolute Gasteiger partial charge is 0.394 e. The molecule has 0 aromatic heterocycles. The van der Waals surface area contributed by atoms with Gasteiger partial charge in [-0.05, 0) is 50.4 Å². The third kappa shape index (κ3) is 2.50. The van der Waals surface area contributed by atoms with Crippen molar-refractivity contribution in [3.8, 4) is 6.07 Å². The molecule has 0 saturated heterocycles. The zero-order valence-electron chi connectivity index (χ0n) is 9.11. The molecule has 0 radical (unpaired) electrons. The van der Waals surface area contributed by atoms with Crippen molar-refractivity contribution < 1.29 is 9.84 Å². The molecule has 1 N–H and O–H groups in total. The Morgan fingerprint density at radius 3 is 2.73 bits per heavy atom. The Morgan fingerprint density at radius 1 is 1.33 bits per heavy atom. The fourth-order valence-corrected chi connectivity index (χ4v) is 2.75. The highest BCUT2D eigenvalue weighted by atomic mass is 16.5. The Bertz CT molecular complexity index is 257. The molecule has 0 amide bonds. The summed E-state index contributed by atoms with van der Waals surface area (Å²) >= 11 is 0. The van der Waals surface area contributed by atoms with Crippen molar-refractivity contribution in [3.05, 3.63) is 0 Å². The van der Waals surface area contributed by atoms with Gasteiger partial charge in [-0.2, -0.15) is 5.26 Å². The van der Waals surface area contributed by atoms with Gasteiger partial charge in [-0.15, -0.1) is 0 Å². The van der Waals surface area contributed by atoms with Gasteiger partial charge >= 0.3 is 0 Å². The van der Waals surface area contributed by atoms with Gasteiger partial charge in [-0.1, -0.05) is 0 Å². The molecule has 3 heteroatoms. The summed E-state index contributed by atoms with van der Waals surface area (Å²) in [6.07, 6.45) is 6.76. The number of nitriles is 1. The van der Waals surface area contributed by atoms with Crippen molar-refractivity contribution in [1.82, 2.24) is 0 Å². The molecule has 2 atom stereocenters. The van der Waals surface area contributed by atoms with Crippen LogP contribution in [0.25, 0.3) is 0 Å². The van der Waals surface area contributed by atoms with Crippen LogP contribution in [-0.2, 0) is 4.74 Å². The Kier molecular flexibility index (Phi) is 3.28.